The molecule has 82 valence electrons. The van der Waals surface area contributed by atoms with Gasteiger partial charge in [-0.25, -0.2) is 0 Å². The van der Waals surface area contributed by atoms with Crippen molar-refractivity contribution in [1.29, 1.82) is 0 Å². The molecular formula is C13H18O2. The monoisotopic (exact) mass is 206 g/mol. The van der Waals surface area contributed by atoms with E-state index in [0.717, 1.165) is 16.7 Å². The third-order valence-corrected chi connectivity index (χ3v) is 2.43. The van der Waals surface area contributed by atoms with Crippen LogP contribution in [0, 0.1) is 19.3 Å². The molecule has 1 aromatic carbocycles. The lowest BCUT2D eigenvalue weighted by Gasteiger charge is -2.20. The summed E-state index contributed by atoms with van der Waals surface area (Å²) in [5, 5.41) is 9.39. The maximum Gasteiger partial charge on any atom is 0.168 e. The van der Waals surface area contributed by atoms with Crippen molar-refractivity contribution < 1.29 is 9.90 Å². The Kier molecular flexibility index (Phi) is 2.89. The van der Waals surface area contributed by atoms with Gasteiger partial charge in [0.05, 0.1) is 0 Å². The molecule has 0 fully saturated rings. The van der Waals surface area contributed by atoms with E-state index in [2.05, 4.69) is 0 Å². The number of carbonyl (C=O) groups excluding carboxylic acids is 1. The molecule has 0 amide bonds. The number of ketones is 1. The Labute approximate surface area is 90.9 Å². The van der Waals surface area contributed by atoms with Crippen molar-refractivity contribution >= 4 is 5.78 Å². The van der Waals surface area contributed by atoms with Gasteiger partial charge in [0, 0.05) is 11.0 Å². The highest BCUT2D eigenvalue weighted by atomic mass is 16.3. The normalized spacial score (nSPS) is 11.5. The fourth-order valence-electron chi connectivity index (χ4n) is 1.67. The molecule has 0 aliphatic carbocycles. The number of Topliss-reactive ketones (excluding diaryl/α,β-unsaturated/α-hetero) is 1. The Morgan fingerprint density at radius 3 is 1.87 bits per heavy atom. The number of carbonyl (C=O) groups is 1. The molecule has 0 unspecified atom stereocenters. The zero-order chi connectivity index (χ0) is 11.8. The zero-order valence-electron chi connectivity index (χ0n) is 10.0. The molecule has 1 rings (SSSR count). The first kappa shape index (κ1) is 11.8. The van der Waals surface area contributed by atoms with E-state index in [4.69, 9.17) is 0 Å². The van der Waals surface area contributed by atoms with Gasteiger partial charge in [-0.15, -0.1) is 0 Å². The van der Waals surface area contributed by atoms with Crippen LogP contribution < -0.4 is 0 Å². The third kappa shape index (κ3) is 2.38. The topological polar surface area (TPSA) is 37.3 Å². The lowest BCUT2D eigenvalue weighted by atomic mass is 9.83. The number of hydrogen-bond acceptors (Lipinski definition) is 2. The Balaban J connectivity index is 3.33. The van der Waals surface area contributed by atoms with Crippen LogP contribution >= 0.6 is 0 Å². The van der Waals surface area contributed by atoms with E-state index in [-0.39, 0.29) is 16.9 Å². The minimum Gasteiger partial charge on any atom is -0.508 e. The van der Waals surface area contributed by atoms with E-state index in [0.29, 0.717) is 0 Å². The fourth-order valence-corrected chi connectivity index (χ4v) is 1.67. The molecule has 0 atom stereocenters. The predicted octanol–water partition coefficient (Wildman–Crippen LogP) is 3.24. The second-order valence-corrected chi connectivity index (χ2v) is 5.03. The number of benzene rings is 1. The van der Waals surface area contributed by atoms with Gasteiger partial charge in [-0.1, -0.05) is 20.8 Å². The molecule has 0 bridgehead atoms. The summed E-state index contributed by atoms with van der Waals surface area (Å²) in [6.45, 7) is 9.42. The SMILES string of the molecule is Cc1cc(O)cc(C)c1C(=O)C(C)(C)C. The Hall–Kier alpha value is -1.31. The molecule has 2 nitrogen and oxygen atoms in total. The standard InChI is InChI=1S/C13H18O2/c1-8-6-10(14)7-9(2)11(8)12(15)13(3,4)5/h6-7,14H,1-5H3. The fraction of sp³-hybridized carbons (Fsp3) is 0.462. The zero-order valence-corrected chi connectivity index (χ0v) is 10.0. The molecule has 2 heteroatoms. The maximum absolute atomic E-state index is 12.1. The van der Waals surface area contributed by atoms with Gasteiger partial charge >= 0.3 is 0 Å². The third-order valence-electron chi connectivity index (χ3n) is 2.43. The second-order valence-electron chi connectivity index (χ2n) is 5.03. The highest BCUT2D eigenvalue weighted by Gasteiger charge is 2.25. The van der Waals surface area contributed by atoms with Crippen LogP contribution in [0.2, 0.25) is 0 Å². The summed E-state index contributed by atoms with van der Waals surface area (Å²) in [5.41, 5.74) is 2.03. The molecule has 0 aromatic heterocycles. The van der Waals surface area contributed by atoms with Crippen LogP contribution in [0.5, 0.6) is 5.75 Å². The second kappa shape index (κ2) is 3.69. The summed E-state index contributed by atoms with van der Waals surface area (Å²) in [6.07, 6.45) is 0. The maximum atomic E-state index is 12.1. The first-order valence-electron chi connectivity index (χ1n) is 5.08. The number of phenols is 1. The predicted molar refractivity (Wildman–Crippen MR) is 61.4 cm³/mol. The van der Waals surface area contributed by atoms with Crippen molar-refractivity contribution in [3.63, 3.8) is 0 Å². The molecule has 15 heavy (non-hydrogen) atoms. The van der Waals surface area contributed by atoms with Gasteiger partial charge in [0.15, 0.2) is 5.78 Å². The van der Waals surface area contributed by atoms with E-state index >= 15 is 0 Å². The van der Waals surface area contributed by atoms with E-state index in [9.17, 15) is 9.90 Å². The number of aryl methyl sites for hydroxylation is 2. The average Bonchev–Trinajstić information content (AvgIpc) is 1.99. The first-order chi connectivity index (χ1) is 6.73. The van der Waals surface area contributed by atoms with Crippen LogP contribution in [0.15, 0.2) is 12.1 Å². The van der Waals surface area contributed by atoms with Crippen LogP contribution in [0.1, 0.15) is 42.3 Å². The van der Waals surface area contributed by atoms with Crippen molar-refractivity contribution in [2.45, 2.75) is 34.6 Å². The summed E-state index contributed by atoms with van der Waals surface area (Å²) in [6, 6.07) is 3.26. The van der Waals surface area contributed by atoms with Gasteiger partial charge in [-0.05, 0) is 37.1 Å². The van der Waals surface area contributed by atoms with Crippen molar-refractivity contribution in [1.82, 2.24) is 0 Å². The highest BCUT2D eigenvalue weighted by Crippen LogP contribution is 2.27. The molecule has 0 saturated carbocycles. The van der Waals surface area contributed by atoms with Gasteiger partial charge in [0.2, 0.25) is 0 Å². The van der Waals surface area contributed by atoms with Gasteiger partial charge in [0.25, 0.3) is 0 Å². The largest absolute Gasteiger partial charge is 0.508 e. The van der Waals surface area contributed by atoms with Crippen LogP contribution in [0.3, 0.4) is 0 Å². The van der Waals surface area contributed by atoms with Crippen molar-refractivity contribution in [3.05, 3.63) is 28.8 Å². The van der Waals surface area contributed by atoms with Gasteiger partial charge in [-0.3, -0.25) is 4.79 Å². The van der Waals surface area contributed by atoms with Crippen molar-refractivity contribution in [2.24, 2.45) is 5.41 Å². The first-order valence-corrected chi connectivity index (χ1v) is 5.08. The van der Waals surface area contributed by atoms with E-state index in [1.54, 1.807) is 12.1 Å². The molecule has 0 heterocycles. The Morgan fingerprint density at radius 1 is 1.13 bits per heavy atom. The minimum absolute atomic E-state index is 0.123. The molecule has 0 aliphatic heterocycles. The Bertz CT molecular complexity index is 374. The molecule has 0 spiro atoms. The number of aromatic hydroxyl groups is 1. The van der Waals surface area contributed by atoms with Gasteiger partial charge in [-0.2, -0.15) is 0 Å². The number of hydrogen-bond donors (Lipinski definition) is 1. The summed E-state index contributed by atoms with van der Waals surface area (Å²) in [5.74, 6) is 0.341. The highest BCUT2D eigenvalue weighted by molar-refractivity contribution is 6.02. The summed E-state index contributed by atoms with van der Waals surface area (Å²) >= 11 is 0. The van der Waals surface area contributed by atoms with E-state index in [1.807, 2.05) is 34.6 Å². The lowest BCUT2D eigenvalue weighted by Crippen LogP contribution is -2.22. The van der Waals surface area contributed by atoms with E-state index < -0.39 is 0 Å². The van der Waals surface area contributed by atoms with Crippen LogP contribution in [-0.4, -0.2) is 10.9 Å². The molecule has 0 radical (unpaired) electrons. The molecule has 0 saturated heterocycles. The quantitative estimate of drug-likeness (QED) is 0.716. The minimum atomic E-state index is -0.382. The number of rotatable bonds is 1. The molecular weight excluding hydrogens is 188 g/mol. The van der Waals surface area contributed by atoms with E-state index in [1.165, 1.54) is 0 Å². The summed E-state index contributed by atoms with van der Waals surface area (Å²) < 4.78 is 0. The van der Waals surface area contributed by atoms with Gasteiger partial charge in [0.1, 0.15) is 5.75 Å². The average molecular weight is 206 g/mol. The molecule has 1 aromatic rings. The lowest BCUT2D eigenvalue weighted by molar-refractivity contribution is 0.0857. The molecule has 1 N–H and O–H groups in total. The van der Waals surface area contributed by atoms with Crippen molar-refractivity contribution in [3.8, 4) is 5.75 Å². The summed E-state index contributed by atoms with van der Waals surface area (Å²) in [7, 11) is 0. The Morgan fingerprint density at radius 2 is 1.53 bits per heavy atom. The van der Waals surface area contributed by atoms with Crippen LogP contribution in [-0.2, 0) is 0 Å². The molecule has 0 aliphatic rings. The summed E-state index contributed by atoms with van der Waals surface area (Å²) in [4.78, 5) is 12.1. The van der Waals surface area contributed by atoms with Crippen LogP contribution in [0.25, 0.3) is 0 Å². The van der Waals surface area contributed by atoms with Crippen molar-refractivity contribution in [2.75, 3.05) is 0 Å². The van der Waals surface area contributed by atoms with Gasteiger partial charge < -0.3 is 5.11 Å². The number of phenolic OH excluding ortho intramolecular Hbond substituents is 1. The smallest absolute Gasteiger partial charge is 0.168 e. The van der Waals surface area contributed by atoms with Crippen LogP contribution in [0.4, 0.5) is 0 Å².